The normalized spacial score (nSPS) is 14.4. The Morgan fingerprint density at radius 2 is 1.84 bits per heavy atom. The van der Waals surface area contributed by atoms with Gasteiger partial charge in [0.15, 0.2) is 0 Å². The van der Waals surface area contributed by atoms with Gasteiger partial charge in [0.1, 0.15) is 23.9 Å². The standard InChI is InChI=1S/C30H33N5O3/c1-20-15-16-21(2)27(17-20)35(28(36)19-34-26-14-7-6-13-25(26)32-33-34)29(22-9-8-12-24(18-22)38-3)30(37)31-23-10-4-5-11-23/h6-9,12-18,23,29H,4-5,10-11,19H2,1-3H3,(H,31,37)/t29-/m1/s1. The summed E-state index contributed by atoms with van der Waals surface area (Å²) in [7, 11) is 1.59. The number of para-hydroxylation sites is 1. The highest BCUT2D eigenvalue weighted by Gasteiger charge is 2.35. The van der Waals surface area contributed by atoms with E-state index in [1.165, 1.54) is 0 Å². The minimum atomic E-state index is -0.895. The van der Waals surface area contributed by atoms with Crippen LogP contribution in [0.2, 0.25) is 0 Å². The van der Waals surface area contributed by atoms with E-state index in [9.17, 15) is 9.59 Å². The number of carbonyl (C=O) groups excluding carboxylic acids is 2. The number of aromatic nitrogens is 3. The molecule has 0 unspecified atom stereocenters. The maximum atomic E-state index is 14.3. The predicted octanol–water partition coefficient (Wildman–Crippen LogP) is 4.89. The van der Waals surface area contributed by atoms with Crippen molar-refractivity contribution in [2.45, 2.75) is 58.2 Å². The number of rotatable bonds is 8. The molecule has 1 aliphatic carbocycles. The molecule has 1 heterocycles. The lowest BCUT2D eigenvalue weighted by Crippen LogP contribution is -2.47. The number of ether oxygens (including phenoxy) is 1. The molecule has 38 heavy (non-hydrogen) atoms. The average Bonchev–Trinajstić information content (AvgIpc) is 3.59. The smallest absolute Gasteiger partial charge is 0.249 e. The Kier molecular flexibility index (Phi) is 7.40. The van der Waals surface area contributed by atoms with Crippen molar-refractivity contribution < 1.29 is 14.3 Å². The fourth-order valence-electron chi connectivity index (χ4n) is 5.21. The Morgan fingerprint density at radius 3 is 2.63 bits per heavy atom. The molecule has 196 valence electrons. The lowest BCUT2D eigenvalue weighted by molar-refractivity contribution is -0.127. The number of anilines is 1. The zero-order valence-electron chi connectivity index (χ0n) is 22.1. The van der Waals surface area contributed by atoms with Crippen molar-refractivity contribution in [3.8, 4) is 5.75 Å². The first-order chi connectivity index (χ1) is 18.4. The Hall–Kier alpha value is -4.20. The molecule has 0 aliphatic heterocycles. The number of benzene rings is 3. The van der Waals surface area contributed by atoms with Gasteiger partial charge in [-0.05, 0) is 73.7 Å². The van der Waals surface area contributed by atoms with Gasteiger partial charge in [-0.1, -0.05) is 54.5 Å². The van der Waals surface area contributed by atoms with Gasteiger partial charge in [0.2, 0.25) is 11.8 Å². The molecule has 3 aromatic carbocycles. The number of fused-ring (bicyclic) bond motifs is 1. The summed E-state index contributed by atoms with van der Waals surface area (Å²) < 4.78 is 7.07. The van der Waals surface area contributed by atoms with Crippen molar-refractivity contribution in [1.29, 1.82) is 0 Å². The largest absolute Gasteiger partial charge is 0.497 e. The van der Waals surface area contributed by atoms with E-state index in [-0.39, 0.29) is 24.4 Å². The first-order valence-electron chi connectivity index (χ1n) is 13.1. The second kappa shape index (κ2) is 11.0. The third-order valence-electron chi connectivity index (χ3n) is 7.22. The number of aryl methyl sites for hydroxylation is 2. The van der Waals surface area contributed by atoms with Crippen LogP contribution >= 0.6 is 0 Å². The van der Waals surface area contributed by atoms with Crippen molar-refractivity contribution >= 4 is 28.5 Å². The minimum Gasteiger partial charge on any atom is -0.497 e. The van der Waals surface area contributed by atoms with Crippen molar-refractivity contribution in [3.63, 3.8) is 0 Å². The van der Waals surface area contributed by atoms with Gasteiger partial charge in [-0.25, -0.2) is 4.68 Å². The van der Waals surface area contributed by atoms with Crippen LogP contribution in [0.3, 0.4) is 0 Å². The van der Waals surface area contributed by atoms with Crippen LogP contribution in [0, 0.1) is 13.8 Å². The van der Waals surface area contributed by atoms with Gasteiger partial charge in [0.05, 0.1) is 12.6 Å². The van der Waals surface area contributed by atoms with Crippen molar-refractivity contribution in [1.82, 2.24) is 20.3 Å². The number of carbonyl (C=O) groups is 2. The van der Waals surface area contributed by atoms with E-state index in [4.69, 9.17) is 4.74 Å². The molecule has 2 amide bonds. The summed E-state index contributed by atoms with van der Waals surface area (Å²) in [5.41, 5.74) is 4.73. The second-order valence-corrected chi connectivity index (χ2v) is 9.96. The third-order valence-corrected chi connectivity index (χ3v) is 7.22. The molecule has 1 saturated carbocycles. The highest BCUT2D eigenvalue weighted by Crippen LogP contribution is 2.34. The zero-order valence-corrected chi connectivity index (χ0v) is 22.1. The molecule has 1 fully saturated rings. The second-order valence-electron chi connectivity index (χ2n) is 9.96. The fraction of sp³-hybridized carbons (Fsp3) is 0.333. The Morgan fingerprint density at radius 1 is 1.05 bits per heavy atom. The van der Waals surface area contributed by atoms with Crippen LogP contribution in [-0.4, -0.2) is 40.0 Å². The summed E-state index contributed by atoms with van der Waals surface area (Å²) in [5, 5.41) is 11.7. The number of amides is 2. The monoisotopic (exact) mass is 511 g/mol. The molecule has 4 aromatic rings. The van der Waals surface area contributed by atoms with Crippen molar-refractivity contribution in [3.05, 3.63) is 83.4 Å². The fourth-order valence-corrected chi connectivity index (χ4v) is 5.21. The number of methoxy groups -OCH3 is 1. The SMILES string of the molecule is COc1cccc([C@H](C(=O)NC2CCCC2)N(C(=O)Cn2nnc3ccccc32)c2cc(C)ccc2C)c1. The molecule has 1 aromatic heterocycles. The summed E-state index contributed by atoms with van der Waals surface area (Å²) in [5.74, 6) is 0.156. The van der Waals surface area contributed by atoms with Gasteiger partial charge in [-0.3, -0.25) is 14.5 Å². The summed E-state index contributed by atoms with van der Waals surface area (Å²) in [6, 6.07) is 20.1. The lowest BCUT2D eigenvalue weighted by atomic mass is 10.00. The van der Waals surface area contributed by atoms with Gasteiger partial charge in [-0.15, -0.1) is 5.10 Å². The molecule has 8 nitrogen and oxygen atoms in total. The summed E-state index contributed by atoms with van der Waals surface area (Å²) in [6.45, 7) is 3.87. The quantitative estimate of drug-likeness (QED) is 0.364. The van der Waals surface area contributed by atoms with E-state index in [1.807, 2.05) is 80.6 Å². The Labute approximate surface area is 222 Å². The maximum Gasteiger partial charge on any atom is 0.249 e. The molecular formula is C30H33N5O3. The van der Waals surface area contributed by atoms with Gasteiger partial charge >= 0.3 is 0 Å². The third kappa shape index (κ3) is 5.25. The Balaban J connectivity index is 1.62. The first kappa shape index (κ1) is 25.4. The van der Waals surface area contributed by atoms with Gasteiger partial charge in [0, 0.05) is 11.7 Å². The van der Waals surface area contributed by atoms with E-state index in [1.54, 1.807) is 16.7 Å². The minimum absolute atomic E-state index is 0.0644. The topological polar surface area (TPSA) is 89.4 Å². The molecule has 0 radical (unpaired) electrons. The van der Waals surface area contributed by atoms with Crippen molar-refractivity contribution in [2.75, 3.05) is 12.0 Å². The highest BCUT2D eigenvalue weighted by atomic mass is 16.5. The van der Waals surface area contributed by atoms with E-state index >= 15 is 0 Å². The van der Waals surface area contributed by atoms with E-state index in [0.29, 0.717) is 22.5 Å². The predicted molar refractivity (Wildman–Crippen MR) is 147 cm³/mol. The van der Waals surface area contributed by atoms with Crippen LogP contribution in [0.1, 0.15) is 48.4 Å². The van der Waals surface area contributed by atoms with Crippen LogP contribution in [0.4, 0.5) is 5.69 Å². The van der Waals surface area contributed by atoms with Gasteiger partial charge in [-0.2, -0.15) is 0 Å². The van der Waals surface area contributed by atoms with Crippen LogP contribution in [0.25, 0.3) is 11.0 Å². The van der Waals surface area contributed by atoms with Crippen molar-refractivity contribution in [2.24, 2.45) is 0 Å². The number of nitrogens with zero attached hydrogens (tertiary/aromatic N) is 4. The molecule has 0 saturated heterocycles. The number of hydrogen-bond acceptors (Lipinski definition) is 5. The molecule has 5 rings (SSSR count). The first-order valence-corrected chi connectivity index (χ1v) is 13.1. The molecule has 8 heteroatoms. The van der Waals surface area contributed by atoms with Gasteiger partial charge in [0.25, 0.3) is 0 Å². The maximum absolute atomic E-state index is 14.3. The van der Waals surface area contributed by atoms with E-state index < -0.39 is 6.04 Å². The van der Waals surface area contributed by atoms with Gasteiger partial charge < -0.3 is 10.1 Å². The van der Waals surface area contributed by atoms with Crippen LogP contribution in [0.5, 0.6) is 5.75 Å². The van der Waals surface area contributed by atoms with Crippen LogP contribution in [-0.2, 0) is 16.1 Å². The molecule has 0 spiro atoms. The molecule has 0 bridgehead atoms. The summed E-state index contributed by atoms with van der Waals surface area (Å²) in [6.07, 6.45) is 4.07. The molecule has 1 N–H and O–H groups in total. The lowest BCUT2D eigenvalue weighted by Gasteiger charge is -2.33. The zero-order chi connectivity index (χ0) is 26.6. The highest BCUT2D eigenvalue weighted by molar-refractivity contribution is 6.02. The molecule has 1 atom stereocenters. The molecular weight excluding hydrogens is 478 g/mol. The van der Waals surface area contributed by atoms with E-state index in [2.05, 4.69) is 15.6 Å². The summed E-state index contributed by atoms with van der Waals surface area (Å²) in [4.78, 5) is 29.9. The number of nitrogens with one attached hydrogen (secondary N) is 1. The Bertz CT molecular complexity index is 1460. The number of hydrogen-bond donors (Lipinski definition) is 1. The van der Waals surface area contributed by atoms with E-state index in [0.717, 1.165) is 42.3 Å². The van der Waals surface area contributed by atoms with Crippen LogP contribution in [0.15, 0.2) is 66.7 Å². The van der Waals surface area contributed by atoms with Crippen LogP contribution < -0.4 is 15.0 Å². The summed E-state index contributed by atoms with van der Waals surface area (Å²) >= 11 is 0. The molecule has 1 aliphatic rings. The average molecular weight is 512 g/mol.